The highest BCUT2D eigenvalue weighted by Gasteiger charge is 2.24. The maximum Gasteiger partial charge on any atom is 0.233 e. The predicted octanol–water partition coefficient (Wildman–Crippen LogP) is 3.35. The minimum Gasteiger partial charge on any atom is -0.496 e. The lowest BCUT2D eigenvalue weighted by Gasteiger charge is -2.12. The number of para-hydroxylation sites is 1. The van der Waals surface area contributed by atoms with Crippen LogP contribution in [0, 0.1) is 5.92 Å². The smallest absolute Gasteiger partial charge is 0.233 e. The first kappa shape index (κ1) is 14.7. The zero-order valence-corrected chi connectivity index (χ0v) is 13.3. The normalized spacial score (nSPS) is 17.5. The standard InChI is InChI=1S/C18H22N2O2/c1-13(2)15-12-22-18(19-15)16-8-6-10-20(16)11-14-7-4-5-9-17(14)21-3/h4-10,13,15H,11-12H2,1-3H3/t15-/m1/s1. The third kappa shape index (κ3) is 2.86. The Hall–Kier alpha value is -2.23. The molecule has 0 saturated carbocycles. The molecule has 4 nitrogen and oxygen atoms in total. The molecule has 0 amide bonds. The van der Waals surface area contributed by atoms with E-state index >= 15 is 0 Å². The quantitative estimate of drug-likeness (QED) is 0.848. The summed E-state index contributed by atoms with van der Waals surface area (Å²) in [6.45, 7) is 5.76. The van der Waals surface area contributed by atoms with Gasteiger partial charge in [-0.2, -0.15) is 0 Å². The molecule has 0 radical (unpaired) electrons. The van der Waals surface area contributed by atoms with Crippen molar-refractivity contribution < 1.29 is 9.47 Å². The molecule has 1 atom stereocenters. The Morgan fingerprint density at radius 2 is 2.09 bits per heavy atom. The van der Waals surface area contributed by atoms with E-state index in [1.807, 2.05) is 24.3 Å². The molecule has 4 heteroatoms. The topological polar surface area (TPSA) is 35.8 Å². The number of rotatable bonds is 5. The Morgan fingerprint density at radius 1 is 1.27 bits per heavy atom. The Bertz CT molecular complexity index is 673. The lowest BCUT2D eigenvalue weighted by molar-refractivity contribution is 0.290. The second-order valence-electron chi connectivity index (χ2n) is 5.89. The third-order valence-electron chi connectivity index (χ3n) is 4.03. The molecule has 1 aromatic carbocycles. The number of benzene rings is 1. The van der Waals surface area contributed by atoms with Gasteiger partial charge in [-0.25, -0.2) is 4.99 Å². The molecule has 0 unspecified atom stereocenters. The highest BCUT2D eigenvalue weighted by atomic mass is 16.5. The predicted molar refractivity (Wildman–Crippen MR) is 87.6 cm³/mol. The van der Waals surface area contributed by atoms with Gasteiger partial charge >= 0.3 is 0 Å². The molecule has 0 bridgehead atoms. The first-order valence-corrected chi connectivity index (χ1v) is 7.67. The van der Waals surface area contributed by atoms with Crippen molar-refractivity contribution in [3.63, 3.8) is 0 Å². The molecule has 3 rings (SSSR count). The van der Waals surface area contributed by atoms with Crippen molar-refractivity contribution in [3.8, 4) is 5.75 Å². The highest BCUT2D eigenvalue weighted by molar-refractivity contribution is 5.93. The first-order chi connectivity index (χ1) is 10.7. The van der Waals surface area contributed by atoms with Crippen LogP contribution in [0.3, 0.4) is 0 Å². The maximum absolute atomic E-state index is 5.80. The summed E-state index contributed by atoms with van der Waals surface area (Å²) in [4.78, 5) is 4.72. The van der Waals surface area contributed by atoms with Crippen LogP contribution in [-0.4, -0.2) is 30.2 Å². The first-order valence-electron chi connectivity index (χ1n) is 7.67. The molecule has 116 valence electrons. The zero-order valence-electron chi connectivity index (χ0n) is 13.3. The summed E-state index contributed by atoms with van der Waals surface area (Å²) in [5, 5.41) is 0. The van der Waals surface area contributed by atoms with Crippen LogP contribution in [0.1, 0.15) is 25.1 Å². The van der Waals surface area contributed by atoms with Gasteiger partial charge < -0.3 is 14.0 Å². The van der Waals surface area contributed by atoms with E-state index in [2.05, 4.69) is 36.7 Å². The summed E-state index contributed by atoms with van der Waals surface area (Å²) in [5.74, 6) is 2.14. The van der Waals surface area contributed by atoms with Crippen LogP contribution in [0.4, 0.5) is 0 Å². The van der Waals surface area contributed by atoms with Crippen LogP contribution in [0.2, 0.25) is 0 Å². The fraction of sp³-hybridized carbons (Fsp3) is 0.389. The lowest BCUT2D eigenvalue weighted by atomic mass is 10.1. The van der Waals surface area contributed by atoms with Gasteiger partial charge in [0.25, 0.3) is 0 Å². The van der Waals surface area contributed by atoms with E-state index in [1.54, 1.807) is 7.11 Å². The molecule has 2 heterocycles. The number of nitrogens with zero attached hydrogens (tertiary/aromatic N) is 2. The molecule has 22 heavy (non-hydrogen) atoms. The molecule has 0 N–H and O–H groups in total. The molecule has 0 spiro atoms. The van der Waals surface area contributed by atoms with Gasteiger partial charge in [0.1, 0.15) is 18.1 Å². The van der Waals surface area contributed by atoms with Crippen LogP contribution >= 0.6 is 0 Å². The van der Waals surface area contributed by atoms with Gasteiger partial charge in [0, 0.05) is 11.8 Å². The van der Waals surface area contributed by atoms with Crippen molar-refractivity contribution in [1.82, 2.24) is 4.57 Å². The monoisotopic (exact) mass is 298 g/mol. The number of methoxy groups -OCH3 is 1. The number of hydrogen-bond acceptors (Lipinski definition) is 3. The van der Waals surface area contributed by atoms with Gasteiger partial charge in [0.2, 0.25) is 5.90 Å². The number of hydrogen-bond donors (Lipinski definition) is 0. The van der Waals surface area contributed by atoms with Crippen LogP contribution < -0.4 is 4.74 Å². The Labute approximate surface area is 131 Å². The van der Waals surface area contributed by atoms with Crippen molar-refractivity contribution in [2.75, 3.05) is 13.7 Å². The van der Waals surface area contributed by atoms with Gasteiger partial charge in [-0.05, 0) is 24.1 Å². The summed E-state index contributed by atoms with van der Waals surface area (Å²) < 4.78 is 13.4. The maximum atomic E-state index is 5.80. The van der Waals surface area contributed by atoms with E-state index in [9.17, 15) is 0 Å². The van der Waals surface area contributed by atoms with E-state index in [4.69, 9.17) is 14.5 Å². The van der Waals surface area contributed by atoms with E-state index in [-0.39, 0.29) is 6.04 Å². The average Bonchev–Trinajstić information content (AvgIpc) is 3.16. The highest BCUT2D eigenvalue weighted by Crippen LogP contribution is 2.22. The SMILES string of the molecule is COc1ccccc1Cn1cccc1C1=N[C@@H](C(C)C)CO1. The van der Waals surface area contributed by atoms with E-state index < -0.39 is 0 Å². The summed E-state index contributed by atoms with van der Waals surface area (Å²) in [6, 6.07) is 12.4. The largest absolute Gasteiger partial charge is 0.496 e. The molecule has 2 aromatic rings. The minimum atomic E-state index is 0.254. The molecular formula is C18H22N2O2. The van der Waals surface area contributed by atoms with E-state index in [0.29, 0.717) is 12.5 Å². The summed E-state index contributed by atoms with van der Waals surface area (Å²) in [6.07, 6.45) is 2.05. The lowest BCUT2D eigenvalue weighted by Crippen LogP contribution is -2.13. The number of aliphatic imine (C=N–C) groups is 1. The molecule has 0 aliphatic carbocycles. The van der Waals surface area contributed by atoms with Crippen molar-refractivity contribution in [2.24, 2.45) is 10.9 Å². The summed E-state index contributed by atoms with van der Waals surface area (Å²) in [5.41, 5.74) is 2.16. The Kier molecular flexibility index (Phi) is 4.18. The van der Waals surface area contributed by atoms with Crippen LogP contribution in [-0.2, 0) is 11.3 Å². The van der Waals surface area contributed by atoms with Gasteiger partial charge in [-0.15, -0.1) is 0 Å². The summed E-state index contributed by atoms with van der Waals surface area (Å²) in [7, 11) is 1.70. The average molecular weight is 298 g/mol. The zero-order chi connectivity index (χ0) is 15.5. The van der Waals surface area contributed by atoms with Gasteiger partial charge in [0.15, 0.2) is 0 Å². The van der Waals surface area contributed by atoms with Gasteiger partial charge in [-0.1, -0.05) is 32.0 Å². The molecule has 0 saturated heterocycles. The van der Waals surface area contributed by atoms with Crippen LogP contribution in [0.15, 0.2) is 47.6 Å². The van der Waals surface area contributed by atoms with Gasteiger partial charge in [-0.3, -0.25) is 0 Å². The molecule has 1 aliphatic rings. The minimum absolute atomic E-state index is 0.254. The van der Waals surface area contributed by atoms with Crippen LogP contribution in [0.5, 0.6) is 5.75 Å². The van der Waals surface area contributed by atoms with Crippen molar-refractivity contribution >= 4 is 5.90 Å². The van der Waals surface area contributed by atoms with Gasteiger partial charge in [0.05, 0.1) is 19.7 Å². The second-order valence-corrected chi connectivity index (χ2v) is 5.89. The molecule has 1 aliphatic heterocycles. The summed E-state index contributed by atoms with van der Waals surface area (Å²) >= 11 is 0. The number of aromatic nitrogens is 1. The van der Waals surface area contributed by atoms with Crippen LogP contribution in [0.25, 0.3) is 0 Å². The fourth-order valence-electron chi connectivity index (χ4n) is 2.63. The van der Waals surface area contributed by atoms with Crippen molar-refractivity contribution in [3.05, 3.63) is 53.9 Å². The Balaban J connectivity index is 1.86. The second kappa shape index (κ2) is 6.26. The molecule has 0 fully saturated rings. The molecular weight excluding hydrogens is 276 g/mol. The fourth-order valence-corrected chi connectivity index (χ4v) is 2.63. The third-order valence-corrected chi connectivity index (χ3v) is 4.03. The van der Waals surface area contributed by atoms with E-state index in [1.165, 1.54) is 0 Å². The number of ether oxygens (including phenoxy) is 2. The molecule has 1 aromatic heterocycles. The van der Waals surface area contributed by atoms with Crippen molar-refractivity contribution in [2.45, 2.75) is 26.4 Å². The van der Waals surface area contributed by atoms with Crippen molar-refractivity contribution in [1.29, 1.82) is 0 Å². The van der Waals surface area contributed by atoms with E-state index in [0.717, 1.165) is 29.4 Å². The Morgan fingerprint density at radius 3 is 2.82 bits per heavy atom.